The van der Waals surface area contributed by atoms with Gasteiger partial charge >= 0.3 is 0 Å². The van der Waals surface area contributed by atoms with Crippen molar-refractivity contribution in [2.45, 2.75) is 12.4 Å². The molecule has 0 aliphatic carbocycles. The third-order valence-corrected chi connectivity index (χ3v) is 6.03. The number of carbonyl (C=O) groups excluding carboxylic acids is 2. The number of nitrogens with one attached hydrogen (secondary N) is 2. The minimum absolute atomic E-state index is 0.231. The lowest BCUT2D eigenvalue weighted by atomic mass is 10.1. The van der Waals surface area contributed by atoms with Gasteiger partial charge in [-0.15, -0.1) is 0 Å². The van der Waals surface area contributed by atoms with Crippen LogP contribution in [-0.4, -0.2) is 40.9 Å². The number of aromatic nitrogens is 1. The Morgan fingerprint density at radius 2 is 2.00 bits per heavy atom. The minimum atomic E-state index is -0.583. The number of anilines is 2. The third-order valence-electron chi connectivity index (χ3n) is 4.24. The first-order valence-corrected chi connectivity index (χ1v) is 11.2. The van der Waals surface area contributed by atoms with E-state index in [-0.39, 0.29) is 11.6 Å². The van der Waals surface area contributed by atoms with Gasteiger partial charge in [-0.05, 0) is 53.2 Å². The molecule has 1 atom stereocenters. The van der Waals surface area contributed by atoms with E-state index in [0.717, 1.165) is 0 Å². The first-order chi connectivity index (χ1) is 14.2. The maximum atomic E-state index is 13.2. The highest BCUT2D eigenvalue weighted by atomic mass is 79.9. The first-order valence-electron chi connectivity index (χ1n) is 8.82. The number of nitrogens with zero attached hydrogens (tertiary/aromatic N) is 3. The van der Waals surface area contributed by atoms with Gasteiger partial charge in [0.25, 0.3) is 11.8 Å². The summed E-state index contributed by atoms with van der Waals surface area (Å²) in [6.07, 6.45) is 3.16. The molecule has 1 aromatic carbocycles. The van der Waals surface area contributed by atoms with Gasteiger partial charge in [-0.2, -0.15) is 5.01 Å². The van der Waals surface area contributed by atoms with E-state index in [1.54, 1.807) is 48.6 Å². The van der Waals surface area contributed by atoms with Crippen LogP contribution in [0.15, 0.2) is 51.2 Å². The molecule has 2 heterocycles. The van der Waals surface area contributed by atoms with Gasteiger partial charge in [0.15, 0.2) is 5.82 Å². The lowest BCUT2D eigenvalue weighted by Gasteiger charge is -2.29. The van der Waals surface area contributed by atoms with Crippen LogP contribution in [0, 0.1) is 0 Å². The molecule has 30 heavy (non-hydrogen) atoms. The number of carbonyl (C=O) groups is 2. The largest absolute Gasteiger partial charge is 0.352 e. The van der Waals surface area contributed by atoms with E-state index < -0.39 is 11.4 Å². The fourth-order valence-electron chi connectivity index (χ4n) is 2.87. The SMILES string of the molecule is CCNC(=O)c1cc(Br)cc(Br)c1NC(=O)C1=CC(Cl)N(C)N1c1ncccc1Cl. The third kappa shape index (κ3) is 4.65. The topological polar surface area (TPSA) is 77.6 Å². The molecule has 1 aliphatic heterocycles. The van der Waals surface area contributed by atoms with Crippen molar-refractivity contribution >= 4 is 78.4 Å². The molecule has 158 valence electrons. The Balaban J connectivity index is 1.98. The van der Waals surface area contributed by atoms with Crippen LogP contribution >= 0.6 is 55.1 Å². The fraction of sp³-hybridized carbons (Fsp3) is 0.211. The molecule has 7 nitrogen and oxygen atoms in total. The van der Waals surface area contributed by atoms with Crippen molar-refractivity contribution in [3.63, 3.8) is 0 Å². The van der Waals surface area contributed by atoms with Crippen LogP contribution in [0.4, 0.5) is 11.5 Å². The number of halogens is 4. The number of hydrazine groups is 1. The molecule has 11 heteroatoms. The van der Waals surface area contributed by atoms with Crippen LogP contribution in [0.1, 0.15) is 17.3 Å². The van der Waals surface area contributed by atoms with Crippen LogP contribution in [0.5, 0.6) is 0 Å². The summed E-state index contributed by atoms with van der Waals surface area (Å²) in [5.41, 5.74) is 0.292. The van der Waals surface area contributed by atoms with Gasteiger partial charge in [0, 0.05) is 28.7 Å². The van der Waals surface area contributed by atoms with Crippen LogP contribution < -0.4 is 15.6 Å². The lowest BCUT2D eigenvalue weighted by molar-refractivity contribution is -0.113. The normalized spacial score (nSPS) is 16.4. The van der Waals surface area contributed by atoms with Crippen molar-refractivity contribution in [1.82, 2.24) is 15.3 Å². The Hall–Kier alpha value is -1.65. The fourth-order valence-corrected chi connectivity index (χ4v) is 4.60. The molecule has 0 radical (unpaired) electrons. The van der Waals surface area contributed by atoms with E-state index in [0.29, 0.717) is 37.6 Å². The van der Waals surface area contributed by atoms with Gasteiger partial charge < -0.3 is 10.6 Å². The van der Waals surface area contributed by atoms with Crippen molar-refractivity contribution in [3.8, 4) is 0 Å². The van der Waals surface area contributed by atoms with E-state index in [2.05, 4.69) is 47.5 Å². The van der Waals surface area contributed by atoms with Gasteiger partial charge in [0.2, 0.25) is 0 Å². The average Bonchev–Trinajstić information content (AvgIpc) is 2.99. The summed E-state index contributed by atoms with van der Waals surface area (Å²) in [5.74, 6) is -0.419. The number of hydrogen-bond donors (Lipinski definition) is 2. The quantitative estimate of drug-likeness (QED) is 0.396. The van der Waals surface area contributed by atoms with Crippen LogP contribution in [-0.2, 0) is 4.79 Å². The number of benzene rings is 1. The Bertz CT molecular complexity index is 1030. The van der Waals surface area contributed by atoms with Crippen molar-refractivity contribution in [2.75, 3.05) is 23.9 Å². The molecule has 0 saturated carbocycles. The van der Waals surface area contributed by atoms with Gasteiger partial charge in [-0.3, -0.25) is 9.59 Å². The molecule has 0 bridgehead atoms. The van der Waals surface area contributed by atoms with Crippen LogP contribution in [0.25, 0.3) is 0 Å². The predicted octanol–water partition coefficient (Wildman–Crippen LogP) is 4.76. The summed E-state index contributed by atoms with van der Waals surface area (Å²) < 4.78 is 1.24. The zero-order chi connectivity index (χ0) is 22.0. The smallest absolute Gasteiger partial charge is 0.273 e. The van der Waals surface area contributed by atoms with Crippen molar-refractivity contribution in [2.24, 2.45) is 0 Å². The van der Waals surface area contributed by atoms with Gasteiger partial charge in [0.1, 0.15) is 11.2 Å². The maximum Gasteiger partial charge on any atom is 0.273 e. The van der Waals surface area contributed by atoms with Gasteiger partial charge in [0.05, 0.1) is 16.3 Å². The summed E-state index contributed by atoms with van der Waals surface area (Å²) in [6.45, 7) is 2.27. The Labute approximate surface area is 200 Å². The zero-order valence-corrected chi connectivity index (χ0v) is 20.6. The van der Waals surface area contributed by atoms with E-state index in [1.165, 1.54) is 5.01 Å². The molecule has 1 aliphatic rings. The predicted molar refractivity (Wildman–Crippen MR) is 126 cm³/mol. The van der Waals surface area contributed by atoms with Crippen molar-refractivity contribution in [1.29, 1.82) is 0 Å². The molecule has 0 saturated heterocycles. The second-order valence-corrected chi connectivity index (χ2v) is 8.87. The Morgan fingerprint density at radius 3 is 2.67 bits per heavy atom. The van der Waals surface area contributed by atoms with Crippen molar-refractivity contribution < 1.29 is 9.59 Å². The number of rotatable bonds is 5. The maximum absolute atomic E-state index is 13.2. The molecule has 3 rings (SSSR count). The minimum Gasteiger partial charge on any atom is -0.352 e. The number of pyridine rings is 1. The number of amides is 2. The molecule has 2 N–H and O–H groups in total. The molecule has 0 fully saturated rings. The standard InChI is InChI=1S/C19H17Br2Cl2N5O2/c1-3-24-18(29)11-7-10(20)8-12(21)16(11)26-19(30)14-9-15(23)27(2)28(14)17-13(22)5-4-6-25-17/h4-9,15H,3H2,1-2H3,(H,24,29)(H,26,30). The number of hydrogen-bond acceptors (Lipinski definition) is 5. The molecule has 2 aromatic rings. The molecular formula is C19H17Br2Cl2N5O2. The van der Waals surface area contributed by atoms with Crippen molar-refractivity contribution in [3.05, 3.63) is 61.8 Å². The second-order valence-electron chi connectivity index (χ2n) is 6.24. The van der Waals surface area contributed by atoms with Crippen LogP contribution in [0.3, 0.4) is 0 Å². The molecule has 2 amide bonds. The molecule has 0 spiro atoms. The van der Waals surface area contributed by atoms with E-state index in [9.17, 15) is 9.59 Å². The number of alkyl halides is 1. The monoisotopic (exact) mass is 575 g/mol. The summed E-state index contributed by atoms with van der Waals surface area (Å²) in [6, 6.07) is 6.75. The highest BCUT2D eigenvalue weighted by molar-refractivity contribution is 9.11. The summed E-state index contributed by atoms with van der Waals surface area (Å²) in [5, 5.41) is 9.09. The first kappa shape index (κ1) is 23.0. The van der Waals surface area contributed by atoms with Gasteiger partial charge in [-0.25, -0.2) is 9.99 Å². The van der Waals surface area contributed by atoms with E-state index in [1.807, 2.05) is 6.92 Å². The highest BCUT2D eigenvalue weighted by Crippen LogP contribution is 2.35. The molecular weight excluding hydrogens is 561 g/mol. The zero-order valence-electron chi connectivity index (χ0n) is 15.9. The Kier molecular flexibility index (Phi) is 7.41. The summed E-state index contributed by atoms with van der Waals surface area (Å²) in [7, 11) is 1.72. The van der Waals surface area contributed by atoms with Crippen LogP contribution in [0.2, 0.25) is 5.02 Å². The molecule has 1 aromatic heterocycles. The van der Waals surface area contributed by atoms with E-state index >= 15 is 0 Å². The summed E-state index contributed by atoms with van der Waals surface area (Å²) >= 11 is 19.4. The van der Waals surface area contributed by atoms with E-state index in [4.69, 9.17) is 23.2 Å². The highest BCUT2D eigenvalue weighted by Gasteiger charge is 2.35. The molecule has 1 unspecified atom stereocenters. The van der Waals surface area contributed by atoms with Gasteiger partial charge in [-0.1, -0.05) is 39.1 Å². The second kappa shape index (κ2) is 9.65. The number of likely N-dealkylation sites (N-methyl/N-ethyl adjacent to an activating group) is 1. The lowest BCUT2D eigenvalue weighted by Crippen LogP contribution is -2.40. The average molecular weight is 578 g/mol. The Morgan fingerprint density at radius 1 is 1.27 bits per heavy atom. The summed E-state index contributed by atoms with van der Waals surface area (Å²) in [4.78, 5) is 30.0.